The fraction of sp³-hybridized carbons (Fsp3) is 0.231. The second kappa shape index (κ2) is 5.35. The summed E-state index contributed by atoms with van der Waals surface area (Å²) < 4.78 is 0. The van der Waals surface area contributed by atoms with Gasteiger partial charge >= 0.3 is 0 Å². The number of nitrogens with one attached hydrogen (secondary N) is 2. The summed E-state index contributed by atoms with van der Waals surface area (Å²) in [7, 11) is 0. The van der Waals surface area contributed by atoms with E-state index >= 15 is 0 Å². The van der Waals surface area contributed by atoms with E-state index in [0.29, 0.717) is 18.5 Å². The Kier molecular flexibility index (Phi) is 3.62. The highest BCUT2D eigenvalue weighted by molar-refractivity contribution is 6.06. The van der Waals surface area contributed by atoms with Gasteiger partial charge in [-0.1, -0.05) is 6.07 Å². The zero-order valence-electron chi connectivity index (χ0n) is 9.90. The van der Waals surface area contributed by atoms with Crippen molar-refractivity contribution in [3.05, 3.63) is 36.0 Å². The molecule has 4 N–H and O–H groups in total. The van der Waals surface area contributed by atoms with E-state index in [2.05, 4.69) is 10.3 Å². The van der Waals surface area contributed by atoms with Gasteiger partial charge in [0.1, 0.15) is 0 Å². The number of carbonyl (C=O) groups excluding carboxylic acids is 2. The van der Waals surface area contributed by atoms with E-state index in [1.165, 1.54) is 0 Å². The van der Waals surface area contributed by atoms with Gasteiger partial charge in [-0.15, -0.1) is 0 Å². The first kappa shape index (κ1) is 12.2. The predicted molar refractivity (Wildman–Crippen MR) is 69.1 cm³/mol. The topological polar surface area (TPSA) is 88.0 Å². The Morgan fingerprint density at radius 3 is 2.89 bits per heavy atom. The maximum atomic E-state index is 12.0. The molecule has 1 aromatic heterocycles. The molecule has 5 heteroatoms. The second-order valence-electron chi connectivity index (χ2n) is 4.07. The second-order valence-corrected chi connectivity index (χ2v) is 4.07. The molecule has 94 valence electrons. The minimum atomic E-state index is -0.350. The van der Waals surface area contributed by atoms with Crippen LogP contribution in [0.3, 0.4) is 0 Å². The van der Waals surface area contributed by atoms with Crippen molar-refractivity contribution in [2.75, 3.05) is 6.54 Å². The first-order valence-corrected chi connectivity index (χ1v) is 5.81. The quantitative estimate of drug-likeness (QED) is 0.690. The van der Waals surface area contributed by atoms with Crippen LogP contribution >= 0.6 is 0 Å². The Balaban J connectivity index is 2.00. The highest BCUT2D eigenvalue weighted by Crippen LogP contribution is 2.16. The van der Waals surface area contributed by atoms with Gasteiger partial charge in [-0.3, -0.25) is 9.59 Å². The standard InChI is InChI=1S/C13H15N3O2/c14-12(17)5-2-7-16-13(18)10-3-1-4-11-9(10)6-8-15-11/h1,3-4,6,8,15H,2,5,7H2,(H2,14,17)(H,16,18). The Labute approximate surface area is 104 Å². The van der Waals surface area contributed by atoms with Crippen molar-refractivity contribution in [2.24, 2.45) is 5.73 Å². The molecule has 0 saturated heterocycles. The highest BCUT2D eigenvalue weighted by atomic mass is 16.2. The molecule has 0 aliphatic heterocycles. The van der Waals surface area contributed by atoms with Gasteiger partial charge < -0.3 is 16.0 Å². The summed E-state index contributed by atoms with van der Waals surface area (Å²) in [5.41, 5.74) is 6.59. The molecule has 2 rings (SSSR count). The number of hydrogen-bond donors (Lipinski definition) is 3. The van der Waals surface area contributed by atoms with Gasteiger partial charge in [0.2, 0.25) is 5.91 Å². The van der Waals surface area contributed by atoms with Crippen LogP contribution in [-0.2, 0) is 4.79 Å². The van der Waals surface area contributed by atoms with Crippen LogP contribution in [0.2, 0.25) is 0 Å². The minimum Gasteiger partial charge on any atom is -0.370 e. The van der Waals surface area contributed by atoms with Gasteiger partial charge in [0.15, 0.2) is 0 Å². The van der Waals surface area contributed by atoms with Crippen LogP contribution in [0.25, 0.3) is 10.9 Å². The fourth-order valence-corrected chi connectivity index (χ4v) is 1.84. The maximum absolute atomic E-state index is 12.0. The van der Waals surface area contributed by atoms with Crippen LogP contribution < -0.4 is 11.1 Å². The number of amides is 2. The normalized spacial score (nSPS) is 10.4. The van der Waals surface area contributed by atoms with Crippen LogP contribution in [0.4, 0.5) is 0 Å². The number of fused-ring (bicyclic) bond motifs is 1. The first-order chi connectivity index (χ1) is 8.68. The summed E-state index contributed by atoms with van der Waals surface area (Å²) in [4.78, 5) is 25.6. The van der Waals surface area contributed by atoms with E-state index in [9.17, 15) is 9.59 Å². The monoisotopic (exact) mass is 245 g/mol. The fourth-order valence-electron chi connectivity index (χ4n) is 1.84. The van der Waals surface area contributed by atoms with Crippen LogP contribution in [-0.4, -0.2) is 23.3 Å². The summed E-state index contributed by atoms with van der Waals surface area (Å²) in [6.07, 6.45) is 2.65. The minimum absolute atomic E-state index is 0.135. The molecule has 1 aromatic carbocycles. The van der Waals surface area contributed by atoms with Crippen molar-refractivity contribution in [2.45, 2.75) is 12.8 Å². The van der Waals surface area contributed by atoms with Gasteiger partial charge in [0.05, 0.1) is 0 Å². The number of H-pyrrole nitrogens is 1. The van der Waals surface area contributed by atoms with E-state index in [1.54, 1.807) is 12.3 Å². The lowest BCUT2D eigenvalue weighted by atomic mass is 10.1. The summed E-state index contributed by atoms with van der Waals surface area (Å²) in [6, 6.07) is 7.39. The molecule has 0 fully saturated rings. The molecule has 18 heavy (non-hydrogen) atoms. The number of hydrogen-bond acceptors (Lipinski definition) is 2. The van der Waals surface area contributed by atoms with Crippen molar-refractivity contribution in [1.29, 1.82) is 0 Å². The summed E-state index contributed by atoms with van der Waals surface area (Å²) in [6.45, 7) is 0.447. The van der Waals surface area contributed by atoms with Crippen molar-refractivity contribution in [1.82, 2.24) is 10.3 Å². The molecule has 1 heterocycles. The maximum Gasteiger partial charge on any atom is 0.251 e. The van der Waals surface area contributed by atoms with Crippen LogP contribution in [0, 0.1) is 0 Å². The summed E-state index contributed by atoms with van der Waals surface area (Å²) in [5.74, 6) is -0.485. The number of aromatic amines is 1. The molecule has 0 atom stereocenters. The van der Waals surface area contributed by atoms with Gasteiger partial charge in [-0.25, -0.2) is 0 Å². The average molecular weight is 245 g/mol. The van der Waals surface area contributed by atoms with Crippen molar-refractivity contribution in [3.63, 3.8) is 0 Å². The lowest BCUT2D eigenvalue weighted by molar-refractivity contribution is -0.118. The molecule has 2 amide bonds. The van der Waals surface area contributed by atoms with Crippen molar-refractivity contribution >= 4 is 22.7 Å². The number of nitrogens with two attached hydrogens (primary N) is 1. The Morgan fingerprint density at radius 2 is 2.11 bits per heavy atom. The van der Waals surface area contributed by atoms with Gasteiger partial charge in [0.25, 0.3) is 5.91 Å². The summed E-state index contributed by atoms with van der Waals surface area (Å²) in [5, 5.41) is 3.67. The lowest BCUT2D eigenvalue weighted by Gasteiger charge is -2.05. The number of aromatic nitrogens is 1. The molecular formula is C13H15N3O2. The first-order valence-electron chi connectivity index (χ1n) is 5.81. The third-order valence-electron chi connectivity index (χ3n) is 2.73. The van der Waals surface area contributed by atoms with Gasteiger partial charge in [-0.2, -0.15) is 0 Å². The number of benzene rings is 1. The molecule has 5 nitrogen and oxygen atoms in total. The number of carbonyl (C=O) groups is 2. The van der Waals surface area contributed by atoms with E-state index in [-0.39, 0.29) is 18.2 Å². The Morgan fingerprint density at radius 1 is 1.28 bits per heavy atom. The zero-order chi connectivity index (χ0) is 13.0. The molecule has 0 aliphatic rings. The van der Waals surface area contributed by atoms with Crippen LogP contribution in [0.15, 0.2) is 30.5 Å². The van der Waals surface area contributed by atoms with Crippen molar-refractivity contribution in [3.8, 4) is 0 Å². The molecule has 0 spiro atoms. The molecule has 2 aromatic rings. The summed E-state index contributed by atoms with van der Waals surface area (Å²) >= 11 is 0. The molecule has 0 aliphatic carbocycles. The predicted octanol–water partition coefficient (Wildman–Crippen LogP) is 1.16. The zero-order valence-corrected chi connectivity index (χ0v) is 9.90. The number of rotatable bonds is 5. The third-order valence-corrected chi connectivity index (χ3v) is 2.73. The van der Waals surface area contributed by atoms with Crippen molar-refractivity contribution < 1.29 is 9.59 Å². The van der Waals surface area contributed by atoms with Gasteiger partial charge in [0, 0.05) is 35.6 Å². The molecular weight excluding hydrogens is 230 g/mol. The van der Waals surface area contributed by atoms with E-state index in [1.807, 2.05) is 18.2 Å². The lowest BCUT2D eigenvalue weighted by Crippen LogP contribution is -2.25. The van der Waals surface area contributed by atoms with Crippen LogP contribution in [0.1, 0.15) is 23.2 Å². The Hall–Kier alpha value is -2.30. The molecule has 0 bridgehead atoms. The van der Waals surface area contributed by atoms with E-state index in [4.69, 9.17) is 5.73 Å². The Bertz CT molecular complexity index is 574. The molecule has 0 unspecified atom stereocenters. The third kappa shape index (κ3) is 2.68. The molecule has 0 radical (unpaired) electrons. The smallest absolute Gasteiger partial charge is 0.251 e. The van der Waals surface area contributed by atoms with Crippen LogP contribution in [0.5, 0.6) is 0 Å². The van der Waals surface area contributed by atoms with E-state index < -0.39 is 0 Å². The molecule has 0 saturated carbocycles. The van der Waals surface area contributed by atoms with Gasteiger partial charge in [-0.05, 0) is 24.6 Å². The number of primary amides is 1. The SMILES string of the molecule is NC(=O)CCCNC(=O)c1cccc2[nH]ccc12. The largest absolute Gasteiger partial charge is 0.370 e. The highest BCUT2D eigenvalue weighted by Gasteiger charge is 2.09. The average Bonchev–Trinajstić information content (AvgIpc) is 2.82. The van der Waals surface area contributed by atoms with E-state index in [0.717, 1.165) is 10.9 Å².